The highest BCUT2D eigenvalue weighted by Gasteiger charge is 2.16. The summed E-state index contributed by atoms with van der Waals surface area (Å²) in [6.45, 7) is 0. The van der Waals surface area contributed by atoms with Crippen molar-refractivity contribution < 1.29 is 9.59 Å². The number of carbonyl (C=O) groups is 2. The molecule has 7 nitrogen and oxygen atoms in total. The fourth-order valence-corrected chi connectivity index (χ4v) is 1.77. The molecule has 7 heteroatoms. The van der Waals surface area contributed by atoms with Gasteiger partial charge >= 0.3 is 0 Å². The molecule has 2 amide bonds. The zero-order valence-electron chi connectivity index (χ0n) is 12.0. The summed E-state index contributed by atoms with van der Waals surface area (Å²) in [7, 11) is 3.93. The molecule has 0 spiro atoms. The van der Waals surface area contributed by atoms with Crippen molar-refractivity contribution in [1.82, 2.24) is 10.9 Å². The van der Waals surface area contributed by atoms with Crippen molar-refractivity contribution in [2.75, 3.05) is 19.0 Å². The number of nitrogens with one attached hydrogen (secondary N) is 2. The maximum atomic E-state index is 11.6. The van der Waals surface area contributed by atoms with E-state index in [1.165, 1.54) is 0 Å². The molecule has 0 fully saturated rings. The Hall–Kier alpha value is -2.70. The van der Waals surface area contributed by atoms with E-state index in [1.54, 1.807) is 6.21 Å². The summed E-state index contributed by atoms with van der Waals surface area (Å²) in [5, 5.41) is 7.63. The third-order valence-electron chi connectivity index (χ3n) is 2.88. The van der Waals surface area contributed by atoms with Crippen molar-refractivity contribution >= 4 is 29.4 Å². The van der Waals surface area contributed by atoms with E-state index in [1.807, 2.05) is 43.3 Å². The minimum absolute atomic E-state index is 0.0651. The molecule has 0 saturated carbocycles. The molecule has 2 rings (SSSR count). The number of hydrogen-bond acceptors (Lipinski definition) is 5. The maximum absolute atomic E-state index is 11.6. The van der Waals surface area contributed by atoms with Crippen LogP contribution < -0.4 is 15.8 Å². The molecule has 0 saturated heterocycles. The van der Waals surface area contributed by atoms with Crippen LogP contribution in [0.4, 0.5) is 5.69 Å². The molecule has 1 aliphatic heterocycles. The van der Waals surface area contributed by atoms with E-state index in [-0.39, 0.29) is 24.7 Å². The maximum Gasteiger partial charge on any atom is 0.245 e. The van der Waals surface area contributed by atoms with Crippen LogP contribution in [0.5, 0.6) is 0 Å². The Morgan fingerprint density at radius 2 is 2.14 bits per heavy atom. The predicted molar refractivity (Wildman–Crippen MR) is 81.3 cm³/mol. The van der Waals surface area contributed by atoms with Crippen LogP contribution >= 0.6 is 0 Å². The molecule has 0 radical (unpaired) electrons. The molecule has 2 N–H and O–H groups in total. The van der Waals surface area contributed by atoms with Gasteiger partial charge in [-0.05, 0) is 17.7 Å². The first-order chi connectivity index (χ1) is 10.0. The third kappa shape index (κ3) is 4.41. The number of rotatable bonds is 5. The van der Waals surface area contributed by atoms with Crippen molar-refractivity contribution in [3.05, 3.63) is 29.8 Å². The van der Waals surface area contributed by atoms with E-state index in [0.717, 1.165) is 11.3 Å². The SMILES string of the molecule is CN(C)c1ccc(/C=N/NC(=O)CC2=NNC(=O)C2)cc1. The van der Waals surface area contributed by atoms with Crippen molar-refractivity contribution in [1.29, 1.82) is 0 Å². The highest BCUT2D eigenvalue weighted by molar-refractivity contribution is 6.11. The van der Waals surface area contributed by atoms with Gasteiger partial charge in [-0.1, -0.05) is 12.1 Å². The van der Waals surface area contributed by atoms with Crippen LogP contribution in [0.3, 0.4) is 0 Å². The second-order valence-corrected chi connectivity index (χ2v) is 4.85. The molecule has 0 aliphatic carbocycles. The van der Waals surface area contributed by atoms with Crippen LogP contribution in [-0.2, 0) is 9.59 Å². The number of carbonyl (C=O) groups excluding carboxylic acids is 2. The Kier molecular flexibility index (Phi) is 4.65. The quantitative estimate of drug-likeness (QED) is 0.609. The summed E-state index contributed by atoms with van der Waals surface area (Å²) in [5.74, 6) is -0.492. The molecule has 0 atom stereocenters. The molecular formula is C14H17N5O2. The summed E-state index contributed by atoms with van der Waals surface area (Å²) < 4.78 is 0. The van der Waals surface area contributed by atoms with Crippen LogP contribution in [0.15, 0.2) is 34.5 Å². The van der Waals surface area contributed by atoms with Crippen LogP contribution in [0, 0.1) is 0 Å². The van der Waals surface area contributed by atoms with E-state index in [2.05, 4.69) is 21.1 Å². The number of amides is 2. The summed E-state index contributed by atoms with van der Waals surface area (Å²) in [4.78, 5) is 24.5. The minimum atomic E-state index is -0.300. The lowest BCUT2D eigenvalue weighted by Gasteiger charge is -2.11. The van der Waals surface area contributed by atoms with Crippen molar-refractivity contribution in [2.24, 2.45) is 10.2 Å². The number of anilines is 1. The van der Waals surface area contributed by atoms with Crippen molar-refractivity contribution in [2.45, 2.75) is 12.8 Å². The third-order valence-corrected chi connectivity index (χ3v) is 2.88. The number of nitrogens with zero attached hydrogens (tertiary/aromatic N) is 3. The lowest BCUT2D eigenvalue weighted by atomic mass is 10.2. The zero-order chi connectivity index (χ0) is 15.2. The minimum Gasteiger partial charge on any atom is -0.378 e. The first-order valence-electron chi connectivity index (χ1n) is 6.48. The highest BCUT2D eigenvalue weighted by Crippen LogP contribution is 2.10. The summed E-state index contributed by atoms with van der Waals surface area (Å²) in [5.41, 5.74) is 7.20. The number of hydrogen-bond donors (Lipinski definition) is 2. The molecule has 0 unspecified atom stereocenters. The average Bonchev–Trinajstić information content (AvgIpc) is 2.84. The molecule has 1 heterocycles. The first kappa shape index (κ1) is 14.7. The van der Waals surface area contributed by atoms with Gasteiger partial charge in [0.05, 0.1) is 24.8 Å². The van der Waals surface area contributed by atoms with Crippen LogP contribution in [0.2, 0.25) is 0 Å². The fourth-order valence-electron chi connectivity index (χ4n) is 1.77. The van der Waals surface area contributed by atoms with Crippen LogP contribution in [0.1, 0.15) is 18.4 Å². The second kappa shape index (κ2) is 6.65. The molecular weight excluding hydrogens is 270 g/mol. The Labute approximate surface area is 122 Å². The van der Waals surface area contributed by atoms with Gasteiger partial charge in [-0.2, -0.15) is 10.2 Å². The van der Waals surface area contributed by atoms with Gasteiger partial charge in [0.25, 0.3) is 0 Å². The molecule has 1 aromatic carbocycles. The monoisotopic (exact) mass is 287 g/mol. The van der Waals surface area contributed by atoms with Gasteiger partial charge < -0.3 is 4.90 Å². The van der Waals surface area contributed by atoms with Gasteiger partial charge in [0.1, 0.15) is 0 Å². The number of benzene rings is 1. The fraction of sp³-hybridized carbons (Fsp3) is 0.286. The van der Waals surface area contributed by atoms with Crippen molar-refractivity contribution in [3.8, 4) is 0 Å². The van der Waals surface area contributed by atoms with Gasteiger partial charge in [-0.3, -0.25) is 9.59 Å². The molecule has 1 aromatic rings. The van der Waals surface area contributed by atoms with E-state index in [0.29, 0.717) is 5.71 Å². The van der Waals surface area contributed by atoms with Crippen molar-refractivity contribution in [3.63, 3.8) is 0 Å². The van der Waals surface area contributed by atoms with Gasteiger partial charge in [0, 0.05) is 19.8 Å². The van der Waals surface area contributed by atoms with Gasteiger partial charge in [0.2, 0.25) is 11.8 Å². The molecule has 0 aromatic heterocycles. The predicted octanol–water partition coefficient (Wildman–Crippen LogP) is 0.469. The van der Waals surface area contributed by atoms with Crippen LogP contribution in [-0.4, -0.2) is 37.8 Å². The first-order valence-corrected chi connectivity index (χ1v) is 6.48. The highest BCUT2D eigenvalue weighted by atomic mass is 16.2. The van der Waals surface area contributed by atoms with E-state index in [4.69, 9.17) is 0 Å². The lowest BCUT2D eigenvalue weighted by Crippen LogP contribution is -2.20. The Morgan fingerprint density at radius 3 is 2.71 bits per heavy atom. The lowest BCUT2D eigenvalue weighted by molar-refractivity contribution is -0.119. The largest absolute Gasteiger partial charge is 0.378 e. The second-order valence-electron chi connectivity index (χ2n) is 4.85. The summed E-state index contributed by atoms with van der Waals surface area (Å²) >= 11 is 0. The summed E-state index contributed by atoms with van der Waals surface area (Å²) in [6, 6.07) is 7.75. The normalized spacial score (nSPS) is 14.0. The van der Waals surface area contributed by atoms with E-state index >= 15 is 0 Å². The smallest absolute Gasteiger partial charge is 0.245 e. The summed E-state index contributed by atoms with van der Waals surface area (Å²) in [6.07, 6.45) is 1.80. The Bertz CT molecular complexity index is 590. The van der Waals surface area contributed by atoms with E-state index in [9.17, 15) is 9.59 Å². The standard InChI is InChI=1S/C14H17N5O2/c1-19(2)12-5-3-10(4-6-12)9-15-17-13(20)7-11-8-14(21)18-16-11/h3-6,9H,7-8H2,1-2H3,(H,17,20)(H,18,21)/b15-9+. The molecule has 1 aliphatic rings. The van der Waals surface area contributed by atoms with Gasteiger partial charge in [-0.15, -0.1) is 0 Å². The Morgan fingerprint density at radius 1 is 1.43 bits per heavy atom. The van der Waals surface area contributed by atoms with Crippen LogP contribution in [0.25, 0.3) is 0 Å². The average molecular weight is 287 g/mol. The topological polar surface area (TPSA) is 86.2 Å². The molecule has 110 valence electrons. The molecule has 0 bridgehead atoms. The molecule has 21 heavy (non-hydrogen) atoms. The van der Waals surface area contributed by atoms with E-state index < -0.39 is 0 Å². The van der Waals surface area contributed by atoms with Gasteiger partial charge in [0.15, 0.2) is 0 Å². The zero-order valence-corrected chi connectivity index (χ0v) is 12.0. The Balaban J connectivity index is 1.81. The number of hydrazone groups is 2. The van der Waals surface area contributed by atoms with Gasteiger partial charge in [-0.25, -0.2) is 10.9 Å².